The van der Waals surface area contributed by atoms with Crippen LogP contribution in [0.15, 0.2) is 29.3 Å². The van der Waals surface area contributed by atoms with Gasteiger partial charge in [-0.25, -0.2) is 13.4 Å². The van der Waals surface area contributed by atoms with Gasteiger partial charge in [-0.2, -0.15) is 0 Å². The van der Waals surface area contributed by atoms with Gasteiger partial charge in [0.1, 0.15) is 6.54 Å². The maximum absolute atomic E-state index is 12.3. The van der Waals surface area contributed by atoms with Crippen LogP contribution in [0.3, 0.4) is 0 Å². The number of carbonyl (C=O) groups is 1. The minimum Gasteiger partial charge on any atom is -0.351 e. The quantitative estimate of drug-likeness (QED) is 0.856. The molecular formula is C14H14ClN3O4S. The molecule has 9 heteroatoms. The summed E-state index contributed by atoms with van der Waals surface area (Å²) in [6.07, 6.45) is 1.69. The molecule has 1 aliphatic heterocycles. The zero-order valence-corrected chi connectivity index (χ0v) is 13.6. The SMILES string of the molecule is O=C(Cn1cnc2ccc(Cl)cc2c1=O)N[C@@H]1CCS(=O)(=O)C1. The fourth-order valence-electron chi connectivity index (χ4n) is 2.58. The van der Waals surface area contributed by atoms with Gasteiger partial charge in [-0.05, 0) is 24.6 Å². The Morgan fingerprint density at radius 2 is 2.22 bits per heavy atom. The predicted molar refractivity (Wildman–Crippen MR) is 86.2 cm³/mol. The van der Waals surface area contributed by atoms with Gasteiger partial charge in [0.2, 0.25) is 5.91 Å². The molecule has 1 aliphatic rings. The number of sulfone groups is 1. The highest BCUT2D eigenvalue weighted by Crippen LogP contribution is 2.14. The minimum absolute atomic E-state index is 0.0563. The van der Waals surface area contributed by atoms with Crippen molar-refractivity contribution in [3.8, 4) is 0 Å². The predicted octanol–water partition coefficient (Wildman–Crippen LogP) is 0.353. The number of benzene rings is 1. The normalized spacial score (nSPS) is 19.8. The third-order valence-corrected chi connectivity index (χ3v) is 5.70. The van der Waals surface area contributed by atoms with Crippen LogP contribution in [0.25, 0.3) is 10.9 Å². The number of fused-ring (bicyclic) bond motifs is 1. The van der Waals surface area contributed by atoms with Gasteiger partial charge in [-0.15, -0.1) is 0 Å². The number of aromatic nitrogens is 2. The van der Waals surface area contributed by atoms with Crippen LogP contribution < -0.4 is 10.9 Å². The highest BCUT2D eigenvalue weighted by Gasteiger charge is 2.28. The Labute approximate surface area is 137 Å². The minimum atomic E-state index is -3.07. The lowest BCUT2D eigenvalue weighted by atomic mass is 10.2. The summed E-state index contributed by atoms with van der Waals surface area (Å²) in [7, 11) is -3.07. The van der Waals surface area contributed by atoms with Crippen LogP contribution >= 0.6 is 11.6 Å². The molecule has 0 saturated carbocycles. The van der Waals surface area contributed by atoms with E-state index in [1.165, 1.54) is 17.0 Å². The first-order valence-corrected chi connectivity index (χ1v) is 9.18. The van der Waals surface area contributed by atoms with Crippen LogP contribution in [0.2, 0.25) is 5.02 Å². The zero-order valence-electron chi connectivity index (χ0n) is 12.0. The average molecular weight is 356 g/mol. The maximum atomic E-state index is 12.3. The van der Waals surface area contributed by atoms with Crippen LogP contribution in [-0.2, 0) is 21.2 Å². The Hall–Kier alpha value is -1.93. The Kier molecular flexibility index (Phi) is 4.11. The first-order valence-electron chi connectivity index (χ1n) is 6.98. The second-order valence-electron chi connectivity index (χ2n) is 5.51. The molecule has 0 unspecified atom stereocenters. The number of nitrogens with one attached hydrogen (secondary N) is 1. The highest BCUT2D eigenvalue weighted by molar-refractivity contribution is 7.91. The van der Waals surface area contributed by atoms with Crippen molar-refractivity contribution in [3.63, 3.8) is 0 Å². The van der Waals surface area contributed by atoms with E-state index in [0.717, 1.165) is 0 Å². The summed E-state index contributed by atoms with van der Waals surface area (Å²) in [6.45, 7) is -0.217. The van der Waals surface area contributed by atoms with Crippen LogP contribution in [0.5, 0.6) is 0 Å². The molecule has 2 heterocycles. The van der Waals surface area contributed by atoms with E-state index >= 15 is 0 Å². The van der Waals surface area contributed by atoms with Crippen molar-refractivity contribution in [1.82, 2.24) is 14.9 Å². The first kappa shape index (κ1) is 15.9. The fourth-order valence-corrected chi connectivity index (χ4v) is 4.43. The molecule has 0 bridgehead atoms. The van der Waals surface area contributed by atoms with Gasteiger partial charge >= 0.3 is 0 Å². The van der Waals surface area contributed by atoms with Crippen LogP contribution in [0.4, 0.5) is 0 Å². The molecule has 0 radical (unpaired) electrons. The number of halogens is 1. The summed E-state index contributed by atoms with van der Waals surface area (Å²) in [5.74, 6) is -0.398. The molecule has 1 saturated heterocycles. The first-order chi connectivity index (χ1) is 10.8. The van der Waals surface area contributed by atoms with Crippen LogP contribution in [0, 0.1) is 0 Å². The lowest BCUT2D eigenvalue weighted by Crippen LogP contribution is -2.39. The van der Waals surface area contributed by atoms with Crippen molar-refractivity contribution >= 4 is 38.2 Å². The van der Waals surface area contributed by atoms with Gasteiger partial charge in [0, 0.05) is 11.1 Å². The molecule has 1 aromatic heterocycles. The van der Waals surface area contributed by atoms with E-state index in [4.69, 9.17) is 11.6 Å². The van der Waals surface area contributed by atoms with Crippen LogP contribution in [-0.4, -0.2) is 41.4 Å². The molecule has 1 N–H and O–H groups in total. The van der Waals surface area contributed by atoms with E-state index in [9.17, 15) is 18.0 Å². The summed E-state index contributed by atoms with van der Waals surface area (Å²) in [5.41, 5.74) is 0.129. The van der Waals surface area contributed by atoms with Crippen LogP contribution in [0.1, 0.15) is 6.42 Å². The molecular weight excluding hydrogens is 342 g/mol. The van der Waals surface area contributed by atoms with Gasteiger partial charge in [-0.1, -0.05) is 11.6 Å². The van der Waals surface area contributed by atoms with E-state index < -0.39 is 21.8 Å². The smallest absolute Gasteiger partial charge is 0.261 e. The standard InChI is InChI=1S/C14H14ClN3O4S/c15-9-1-2-12-11(5-9)14(20)18(8-16-12)6-13(19)17-10-3-4-23(21,22)7-10/h1-2,5,8,10H,3-4,6-7H2,(H,17,19)/t10-/m1/s1. The fraction of sp³-hybridized carbons (Fsp3) is 0.357. The second-order valence-corrected chi connectivity index (χ2v) is 8.17. The topological polar surface area (TPSA) is 98.1 Å². The number of nitrogens with zero attached hydrogens (tertiary/aromatic N) is 2. The Morgan fingerprint density at radius 1 is 1.43 bits per heavy atom. The lowest BCUT2D eigenvalue weighted by molar-refractivity contribution is -0.122. The van der Waals surface area contributed by atoms with Gasteiger partial charge < -0.3 is 5.32 Å². The molecule has 0 aliphatic carbocycles. The molecule has 1 atom stereocenters. The van der Waals surface area contributed by atoms with Crippen molar-refractivity contribution in [2.75, 3.05) is 11.5 Å². The number of amides is 1. The maximum Gasteiger partial charge on any atom is 0.261 e. The summed E-state index contributed by atoms with van der Waals surface area (Å²) in [6, 6.07) is 4.37. The monoisotopic (exact) mass is 355 g/mol. The van der Waals surface area contributed by atoms with Gasteiger partial charge in [0.25, 0.3) is 5.56 Å². The van der Waals surface area contributed by atoms with E-state index in [-0.39, 0.29) is 23.6 Å². The number of rotatable bonds is 3. The third kappa shape index (κ3) is 3.53. The van der Waals surface area contributed by atoms with E-state index in [2.05, 4.69) is 10.3 Å². The summed E-state index contributed by atoms with van der Waals surface area (Å²) >= 11 is 5.88. The molecule has 122 valence electrons. The molecule has 7 nitrogen and oxygen atoms in total. The Balaban J connectivity index is 1.77. The van der Waals surface area contributed by atoms with Gasteiger partial charge in [0.15, 0.2) is 9.84 Å². The van der Waals surface area contributed by atoms with E-state index in [1.54, 1.807) is 12.1 Å². The zero-order chi connectivity index (χ0) is 16.6. The second kappa shape index (κ2) is 5.93. The summed E-state index contributed by atoms with van der Waals surface area (Å²) in [4.78, 5) is 28.5. The van der Waals surface area contributed by atoms with E-state index in [1.807, 2.05) is 0 Å². The van der Waals surface area contributed by atoms with Gasteiger partial charge in [0.05, 0.1) is 28.7 Å². The van der Waals surface area contributed by atoms with Crippen molar-refractivity contribution < 1.29 is 13.2 Å². The summed E-state index contributed by atoms with van der Waals surface area (Å²) < 4.78 is 23.9. The molecule has 1 aromatic carbocycles. The molecule has 1 fully saturated rings. The third-order valence-electron chi connectivity index (χ3n) is 3.70. The average Bonchev–Trinajstić information content (AvgIpc) is 2.81. The molecule has 23 heavy (non-hydrogen) atoms. The molecule has 0 spiro atoms. The van der Waals surface area contributed by atoms with Crippen molar-refractivity contribution in [2.45, 2.75) is 19.0 Å². The molecule has 3 rings (SSSR count). The number of carbonyl (C=O) groups excluding carboxylic acids is 1. The van der Waals surface area contributed by atoms with E-state index in [0.29, 0.717) is 22.3 Å². The number of hydrogen-bond acceptors (Lipinski definition) is 5. The highest BCUT2D eigenvalue weighted by atomic mass is 35.5. The summed E-state index contributed by atoms with van der Waals surface area (Å²) in [5, 5.41) is 3.38. The van der Waals surface area contributed by atoms with Crippen molar-refractivity contribution in [3.05, 3.63) is 39.9 Å². The Bertz CT molecular complexity index is 939. The van der Waals surface area contributed by atoms with Crippen molar-refractivity contribution in [2.24, 2.45) is 0 Å². The van der Waals surface area contributed by atoms with Gasteiger partial charge in [-0.3, -0.25) is 14.2 Å². The molecule has 1 amide bonds. The number of hydrogen-bond donors (Lipinski definition) is 1. The van der Waals surface area contributed by atoms with Crippen molar-refractivity contribution in [1.29, 1.82) is 0 Å². The largest absolute Gasteiger partial charge is 0.351 e. The Morgan fingerprint density at radius 3 is 2.91 bits per heavy atom. The molecule has 2 aromatic rings. The lowest BCUT2D eigenvalue weighted by Gasteiger charge is -2.12.